The lowest BCUT2D eigenvalue weighted by molar-refractivity contribution is 0.297. The summed E-state index contributed by atoms with van der Waals surface area (Å²) in [7, 11) is 0. The molecule has 1 aliphatic heterocycles. The molecule has 4 nitrogen and oxygen atoms in total. The summed E-state index contributed by atoms with van der Waals surface area (Å²) in [4.78, 5) is 6.77. The van der Waals surface area contributed by atoms with Crippen molar-refractivity contribution in [3.63, 3.8) is 0 Å². The Bertz CT molecular complexity index is 3120. The van der Waals surface area contributed by atoms with Crippen molar-refractivity contribution in [3.8, 4) is 76.9 Å². The summed E-state index contributed by atoms with van der Waals surface area (Å²) in [5, 5.41) is 0. The van der Waals surface area contributed by atoms with Crippen LogP contribution in [0.3, 0.4) is 0 Å². The van der Waals surface area contributed by atoms with Crippen LogP contribution in [0.4, 0.5) is 34.1 Å². The zero-order chi connectivity index (χ0) is 48.1. The molecule has 0 radical (unpaired) electrons. The van der Waals surface area contributed by atoms with Crippen molar-refractivity contribution in [3.05, 3.63) is 267 Å². The lowest BCUT2D eigenvalue weighted by Gasteiger charge is -2.26. The van der Waals surface area contributed by atoms with Gasteiger partial charge in [-0.15, -0.1) is 11.3 Å². The third kappa shape index (κ3) is 9.17. The van der Waals surface area contributed by atoms with Gasteiger partial charge in [0.05, 0.1) is 23.0 Å². The van der Waals surface area contributed by atoms with Crippen molar-refractivity contribution in [1.82, 2.24) is 0 Å². The lowest BCUT2D eigenvalue weighted by atomic mass is 10.0. The van der Waals surface area contributed by atoms with Gasteiger partial charge in [-0.25, -0.2) is 0 Å². The molecule has 0 N–H and O–H groups in total. The molecule has 1 aliphatic rings. The Morgan fingerprint density at radius 2 is 0.444 bits per heavy atom. The van der Waals surface area contributed by atoms with Gasteiger partial charge in [0.25, 0.3) is 0 Å². The van der Waals surface area contributed by atoms with Crippen molar-refractivity contribution >= 4 is 45.5 Å². The normalized spacial score (nSPS) is 11.9. The van der Waals surface area contributed by atoms with E-state index in [4.69, 9.17) is 9.47 Å². The Balaban J connectivity index is 0.878. The Morgan fingerprint density at radius 1 is 0.236 bits per heavy atom. The monoisotopic (exact) mass is 946 g/mol. The molecular weight excluding hydrogens is 897 g/mol. The molecule has 0 spiro atoms. The van der Waals surface area contributed by atoms with E-state index in [0.29, 0.717) is 13.2 Å². The first kappa shape index (κ1) is 44.3. The van der Waals surface area contributed by atoms with Crippen molar-refractivity contribution in [2.24, 2.45) is 0 Å². The molecule has 0 bridgehead atoms. The lowest BCUT2D eigenvalue weighted by Crippen LogP contribution is -2.09. The van der Waals surface area contributed by atoms with Gasteiger partial charge in [0, 0.05) is 40.5 Å². The second kappa shape index (κ2) is 20.2. The van der Waals surface area contributed by atoms with E-state index in [2.05, 4.69) is 277 Å². The minimum absolute atomic E-state index is 0.597. The molecule has 10 aromatic carbocycles. The van der Waals surface area contributed by atoms with Crippen LogP contribution < -0.4 is 19.3 Å². The maximum atomic E-state index is 6.58. The number of rotatable bonds is 12. The number of hydrogen-bond donors (Lipinski definition) is 0. The van der Waals surface area contributed by atoms with E-state index in [0.717, 1.165) is 72.9 Å². The smallest absolute Gasteiger partial charge is 0.180 e. The molecule has 1 aromatic heterocycles. The van der Waals surface area contributed by atoms with Crippen LogP contribution in [0.25, 0.3) is 65.4 Å². The summed E-state index contributed by atoms with van der Waals surface area (Å²) in [5.41, 5.74) is 18.1. The molecule has 2 heterocycles. The van der Waals surface area contributed by atoms with Crippen molar-refractivity contribution in [2.45, 2.75) is 6.42 Å². The molecule has 0 aliphatic carbocycles. The average Bonchev–Trinajstić information content (AvgIpc) is 3.65. The van der Waals surface area contributed by atoms with Gasteiger partial charge in [0.1, 0.15) is 0 Å². The van der Waals surface area contributed by atoms with Crippen molar-refractivity contribution in [2.75, 3.05) is 23.0 Å². The fraction of sp³-hybridized carbons (Fsp3) is 0.0448. The highest BCUT2D eigenvalue weighted by atomic mass is 32.1. The van der Waals surface area contributed by atoms with E-state index in [1.807, 2.05) is 0 Å². The second-order valence-corrected chi connectivity index (χ2v) is 18.9. The Labute approximate surface area is 425 Å². The van der Waals surface area contributed by atoms with Crippen molar-refractivity contribution < 1.29 is 9.47 Å². The van der Waals surface area contributed by atoms with Gasteiger partial charge < -0.3 is 19.3 Å². The van der Waals surface area contributed by atoms with E-state index in [1.54, 1.807) is 11.3 Å². The fourth-order valence-electron chi connectivity index (χ4n) is 9.60. The summed E-state index contributed by atoms with van der Waals surface area (Å²) in [6.07, 6.45) is 0.818. The number of ether oxygens (including phenoxy) is 2. The molecule has 0 unspecified atom stereocenters. The van der Waals surface area contributed by atoms with Crippen LogP contribution in [0.2, 0.25) is 0 Å². The van der Waals surface area contributed by atoms with Gasteiger partial charge in [0.15, 0.2) is 11.5 Å². The number of fused-ring (bicyclic) bond motifs is 1. The molecule has 346 valence electrons. The van der Waals surface area contributed by atoms with Crippen molar-refractivity contribution in [1.29, 1.82) is 0 Å². The molecule has 12 rings (SSSR count). The summed E-state index contributed by atoms with van der Waals surface area (Å²) in [6, 6.07) is 95.3. The quantitative estimate of drug-likeness (QED) is 0.122. The van der Waals surface area contributed by atoms with Gasteiger partial charge >= 0.3 is 0 Å². The Kier molecular flexibility index (Phi) is 12.4. The topological polar surface area (TPSA) is 24.9 Å². The first-order valence-corrected chi connectivity index (χ1v) is 25.4. The van der Waals surface area contributed by atoms with Crippen LogP contribution >= 0.6 is 11.3 Å². The number of thiophene rings is 1. The minimum atomic E-state index is 0.597. The predicted molar refractivity (Wildman–Crippen MR) is 302 cm³/mol. The third-order valence-electron chi connectivity index (χ3n) is 13.3. The molecular formula is C67H50N2O2S. The van der Waals surface area contributed by atoms with Crippen LogP contribution in [-0.4, -0.2) is 13.2 Å². The van der Waals surface area contributed by atoms with E-state index in [9.17, 15) is 0 Å². The Morgan fingerprint density at radius 3 is 0.681 bits per heavy atom. The largest absolute Gasteiger partial charge is 0.488 e. The van der Waals surface area contributed by atoms with Gasteiger partial charge in [-0.3, -0.25) is 0 Å². The van der Waals surface area contributed by atoms with E-state index >= 15 is 0 Å². The van der Waals surface area contributed by atoms with Gasteiger partial charge in [-0.1, -0.05) is 194 Å². The van der Waals surface area contributed by atoms with E-state index in [-0.39, 0.29) is 0 Å². The molecule has 5 heteroatoms. The van der Waals surface area contributed by atoms with Crippen LogP contribution in [0.15, 0.2) is 267 Å². The SMILES string of the molecule is c1ccc(-c2ccc(N(c3ccc(-c4ccccc4)cc3)c3ccc(-c4sc(-c5ccc(N(c6ccc(-c7ccccc7)cc6)c6ccc(-c7ccccc7)cc6)cc5)c5c4OCCCO5)cc3)cc2)cc1. The highest BCUT2D eigenvalue weighted by molar-refractivity contribution is 7.19. The standard InChI is InChI=1S/C67H50N2O2S/c1-5-14-48(15-6-1)52-22-34-58(35-23-52)68(59-36-24-53(25-37-59)49-16-7-2-8-17-49)62-42-30-56(31-43-62)66-64-65(71-47-13-46-70-64)67(72-66)57-32-44-63(45-33-57)69(60-38-26-54(27-39-60)50-18-9-3-10-19-50)61-40-28-55(29-41-61)51-20-11-4-12-21-51/h1-12,14-45H,13,46-47H2. The number of anilines is 6. The maximum absolute atomic E-state index is 6.58. The molecule has 72 heavy (non-hydrogen) atoms. The fourth-order valence-corrected chi connectivity index (χ4v) is 10.8. The molecule has 0 fully saturated rings. The zero-order valence-corrected chi connectivity index (χ0v) is 40.5. The average molecular weight is 947 g/mol. The van der Waals surface area contributed by atoms with E-state index < -0.39 is 0 Å². The van der Waals surface area contributed by atoms with Gasteiger partial charge in [-0.2, -0.15) is 0 Å². The molecule has 11 aromatic rings. The summed E-state index contributed by atoms with van der Waals surface area (Å²) >= 11 is 1.73. The van der Waals surface area contributed by atoms with E-state index in [1.165, 1.54) is 44.5 Å². The van der Waals surface area contributed by atoms with Crippen LogP contribution in [0.1, 0.15) is 6.42 Å². The van der Waals surface area contributed by atoms with Gasteiger partial charge in [0.2, 0.25) is 0 Å². The Hall–Kier alpha value is -8.90. The number of nitrogens with zero attached hydrogens (tertiary/aromatic N) is 2. The number of benzene rings is 10. The molecule has 0 saturated carbocycles. The first-order valence-electron chi connectivity index (χ1n) is 24.6. The zero-order valence-electron chi connectivity index (χ0n) is 39.6. The molecule has 0 amide bonds. The first-order chi connectivity index (χ1) is 35.7. The second-order valence-electron chi connectivity index (χ2n) is 17.9. The number of hydrogen-bond acceptors (Lipinski definition) is 5. The van der Waals surface area contributed by atoms with Crippen LogP contribution in [0, 0.1) is 0 Å². The summed E-state index contributed by atoms with van der Waals surface area (Å²) < 4.78 is 13.2. The van der Waals surface area contributed by atoms with Gasteiger partial charge in [-0.05, 0) is 128 Å². The molecule has 0 saturated heterocycles. The van der Waals surface area contributed by atoms with Crippen LogP contribution in [0.5, 0.6) is 11.5 Å². The molecule has 0 atom stereocenters. The maximum Gasteiger partial charge on any atom is 0.180 e. The van der Waals surface area contributed by atoms with Crippen LogP contribution in [-0.2, 0) is 0 Å². The summed E-state index contributed by atoms with van der Waals surface area (Å²) in [5.74, 6) is 1.63. The highest BCUT2D eigenvalue weighted by Crippen LogP contribution is 2.54. The summed E-state index contributed by atoms with van der Waals surface area (Å²) in [6.45, 7) is 1.19. The highest BCUT2D eigenvalue weighted by Gasteiger charge is 2.26. The minimum Gasteiger partial charge on any atom is -0.488 e. The third-order valence-corrected chi connectivity index (χ3v) is 14.6. The predicted octanol–water partition coefficient (Wildman–Crippen LogP) is 18.9.